The number of fused-ring (bicyclic) bond motifs is 1. The van der Waals surface area contributed by atoms with Crippen LogP contribution < -0.4 is 4.90 Å². The third-order valence-electron chi connectivity index (χ3n) is 2.50. The van der Waals surface area contributed by atoms with Crippen molar-refractivity contribution in [2.45, 2.75) is 6.18 Å². The quantitative estimate of drug-likeness (QED) is 0.812. The number of rotatable bonds is 5. The Morgan fingerprint density at radius 3 is 2.76 bits per heavy atom. The number of H-pyrrole nitrogens is 1. The highest BCUT2D eigenvalue weighted by molar-refractivity contribution is 5.85. The number of aromatic nitrogens is 4. The highest BCUT2D eigenvalue weighted by Crippen LogP contribution is 2.30. The van der Waals surface area contributed by atoms with Crippen LogP contribution in [0.4, 0.5) is 19.0 Å². The van der Waals surface area contributed by atoms with Gasteiger partial charge in [0.15, 0.2) is 11.5 Å². The number of halogens is 3. The van der Waals surface area contributed by atoms with E-state index in [1.54, 1.807) is 0 Å². The van der Waals surface area contributed by atoms with E-state index in [-0.39, 0.29) is 23.5 Å². The molecular weight excluding hydrogens is 291 g/mol. The molecule has 0 aromatic carbocycles. The number of nitrogens with one attached hydrogen (secondary N) is 1. The predicted molar refractivity (Wildman–Crippen MR) is 66.7 cm³/mol. The van der Waals surface area contributed by atoms with Crippen molar-refractivity contribution >= 4 is 23.0 Å². The van der Waals surface area contributed by atoms with Gasteiger partial charge in [0, 0.05) is 6.54 Å². The summed E-state index contributed by atoms with van der Waals surface area (Å²) in [5.74, 6) is -2.78. The number of hydrogen-bond acceptors (Lipinski definition) is 5. The number of aromatic amines is 1. The molecule has 0 amide bonds. The van der Waals surface area contributed by atoms with Crippen LogP contribution in [0.2, 0.25) is 0 Å². The summed E-state index contributed by atoms with van der Waals surface area (Å²) >= 11 is 0. The number of aliphatic carboxylic acids is 1. The first-order valence-corrected chi connectivity index (χ1v) is 5.69. The van der Waals surface area contributed by atoms with E-state index in [0.29, 0.717) is 0 Å². The Labute approximate surface area is 116 Å². The summed E-state index contributed by atoms with van der Waals surface area (Å²) < 4.78 is 38.4. The Balaban J connectivity index is 2.60. The van der Waals surface area contributed by atoms with Gasteiger partial charge in [-0.2, -0.15) is 13.2 Å². The normalized spacial score (nSPS) is 11.6. The van der Waals surface area contributed by atoms with Gasteiger partial charge in [-0.15, -0.1) is 6.58 Å². The SMILES string of the molecule is C=CCN(CC(=O)O)c1nc(C(F)(F)F)nc2nc[nH]c12. The molecule has 2 aromatic heterocycles. The Bertz CT molecular complexity index is 682. The second kappa shape index (κ2) is 5.38. The highest BCUT2D eigenvalue weighted by Gasteiger charge is 2.36. The van der Waals surface area contributed by atoms with Gasteiger partial charge < -0.3 is 15.0 Å². The van der Waals surface area contributed by atoms with E-state index in [1.165, 1.54) is 6.08 Å². The molecule has 0 bridgehead atoms. The summed E-state index contributed by atoms with van der Waals surface area (Å²) in [5, 5.41) is 8.86. The van der Waals surface area contributed by atoms with Gasteiger partial charge in [0.25, 0.3) is 0 Å². The maximum atomic E-state index is 12.8. The summed E-state index contributed by atoms with van der Waals surface area (Å²) in [6.45, 7) is 2.92. The van der Waals surface area contributed by atoms with Crippen LogP contribution in [0.3, 0.4) is 0 Å². The molecule has 0 radical (unpaired) electrons. The van der Waals surface area contributed by atoms with E-state index in [4.69, 9.17) is 5.11 Å². The molecule has 2 N–H and O–H groups in total. The lowest BCUT2D eigenvalue weighted by Crippen LogP contribution is -2.31. The molecule has 10 heteroatoms. The molecule has 7 nitrogen and oxygen atoms in total. The Hall–Kier alpha value is -2.65. The zero-order valence-electron chi connectivity index (χ0n) is 10.6. The number of hydrogen-bond donors (Lipinski definition) is 2. The summed E-state index contributed by atoms with van der Waals surface area (Å²) in [4.78, 5) is 25.0. The van der Waals surface area contributed by atoms with Crippen LogP contribution >= 0.6 is 0 Å². The zero-order chi connectivity index (χ0) is 15.6. The fourth-order valence-corrected chi connectivity index (χ4v) is 1.72. The summed E-state index contributed by atoms with van der Waals surface area (Å²) in [6.07, 6.45) is -2.23. The fourth-order valence-electron chi connectivity index (χ4n) is 1.72. The van der Waals surface area contributed by atoms with Crippen molar-refractivity contribution in [3.8, 4) is 0 Å². The molecule has 0 spiro atoms. The average Bonchev–Trinajstić information content (AvgIpc) is 2.83. The number of carboxylic acids is 1. The van der Waals surface area contributed by atoms with Crippen LogP contribution in [0.25, 0.3) is 11.2 Å². The topological polar surface area (TPSA) is 95.0 Å². The molecular formula is C11H10F3N5O2. The Morgan fingerprint density at radius 2 is 2.19 bits per heavy atom. The molecule has 0 fully saturated rings. The van der Waals surface area contributed by atoms with E-state index in [0.717, 1.165) is 11.2 Å². The van der Waals surface area contributed by atoms with Gasteiger partial charge in [-0.25, -0.2) is 15.0 Å². The second-order valence-corrected chi connectivity index (χ2v) is 4.03. The van der Waals surface area contributed by atoms with E-state index < -0.39 is 24.5 Å². The molecule has 2 heterocycles. The predicted octanol–water partition coefficient (Wildman–Crippen LogP) is 1.45. The number of carbonyl (C=O) groups is 1. The maximum Gasteiger partial charge on any atom is 0.451 e. The van der Waals surface area contributed by atoms with E-state index in [9.17, 15) is 18.0 Å². The second-order valence-electron chi connectivity index (χ2n) is 4.03. The van der Waals surface area contributed by atoms with E-state index in [1.807, 2.05) is 0 Å². The van der Waals surface area contributed by atoms with Gasteiger partial charge in [0.05, 0.1) is 6.33 Å². The lowest BCUT2D eigenvalue weighted by atomic mass is 10.3. The van der Waals surface area contributed by atoms with Crippen LogP contribution in [0.15, 0.2) is 19.0 Å². The van der Waals surface area contributed by atoms with E-state index >= 15 is 0 Å². The molecule has 0 unspecified atom stereocenters. The standard InChI is InChI=1S/C11H10F3N5O2/c1-2-3-19(4-6(20)21)9-7-8(16-5-15-7)17-10(18-9)11(12,13)14/h2,5H,1,3-4H2,(H,20,21)(H,15,16,17,18). The summed E-state index contributed by atoms with van der Waals surface area (Å²) in [5.41, 5.74) is -0.0575. The highest BCUT2D eigenvalue weighted by atomic mass is 19.4. The minimum absolute atomic E-state index is 0.00866. The lowest BCUT2D eigenvalue weighted by molar-refractivity contribution is -0.144. The smallest absolute Gasteiger partial charge is 0.451 e. The molecule has 2 aromatic rings. The number of imidazole rings is 1. The van der Waals surface area contributed by atoms with Crippen molar-refractivity contribution in [3.63, 3.8) is 0 Å². The van der Waals surface area contributed by atoms with Crippen molar-refractivity contribution in [1.29, 1.82) is 0 Å². The van der Waals surface area contributed by atoms with Crippen LogP contribution in [-0.2, 0) is 11.0 Å². The minimum Gasteiger partial charge on any atom is -0.480 e. The average molecular weight is 301 g/mol. The van der Waals surface area contributed by atoms with Crippen LogP contribution in [0.5, 0.6) is 0 Å². The Morgan fingerprint density at radius 1 is 1.48 bits per heavy atom. The van der Waals surface area contributed by atoms with Crippen LogP contribution in [0, 0.1) is 0 Å². The fraction of sp³-hybridized carbons (Fsp3) is 0.273. The molecule has 0 saturated heterocycles. The van der Waals surface area contributed by atoms with Gasteiger partial charge in [-0.05, 0) is 0 Å². The summed E-state index contributed by atoms with van der Waals surface area (Å²) in [6, 6.07) is 0. The third-order valence-corrected chi connectivity index (χ3v) is 2.50. The minimum atomic E-state index is -4.76. The molecule has 0 aliphatic carbocycles. The van der Waals surface area contributed by atoms with Gasteiger partial charge in [0.1, 0.15) is 12.1 Å². The van der Waals surface area contributed by atoms with Crippen molar-refractivity contribution in [1.82, 2.24) is 19.9 Å². The largest absolute Gasteiger partial charge is 0.480 e. The molecule has 21 heavy (non-hydrogen) atoms. The molecule has 112 valence electrons. The van der Waals surface area contributed by atoms with Crippen molar-refractivity contribution in [3.05, 3.63) is 24.8 Å². The van der Waals surface area contributed by atoms with Gasteiger partial charge >= 0.3 is 12.1 Å². The van der Waals surface area contributed by atoms with Crippen LogP contribution in [0.1, 0.15) is 5.82 Å². The zero-order valence-corrected chi connectivity index (χ0v) is 10.6. The number of anilines is 1. The number of alkyl halides is 3. The molecule has 0 saturated carbocycles. The third kappa shape index (κ3) is 3.09. The first-order valence-electron chi connectivity index (χ1n) is 5.69. The lowest BCUT2D eigenvalue weighted by Gasteiger charge is -2.21. The van der Waals surface area contributed by atoms with Crippen molar-refractivity contribution < 1.29 is 23.1 Å². The number of nitrogens with zero attached hydrogens (tertiary/aromatic N) is 4. The molecule has 0 aliphatic rings. The van der Waals surface area contributed by atoms with Crippen molar-refractivity contribution in [2.24, 2.45) is 0 Å². The molecule has 2 rings (SSSR count). The van der Waals surface area contributed by atoms with Gasteiger partial charge in [0.2, 0.25) is 5.82 Å². The summed E-state index contributed by atoms with van der Waals surface area (Å²) in [7, 11) is 0. The first-order chi connectivity index (χ1) is 9.82. The number of carboxylic acid groups (broad SMARTS) is 1. The van der Waals surface area contributed by atoms with Gasteiger partial charge in [-0.1, -0.05) is 6.08 Å². The maximum absolute atomic E-state index is 12.8. The van der Waals surface area contributed by atoms with Crippen LogP contribution in [-0.4, -0.2) is 44.1 Å². The van der Waals surface area contributed by atoms with E-state index in [2.05, 4.69) is 26.5 Å². The van der Waals surface area contributed by atoms with Crippen molar-refractivity contribution in [2.75, 3.05) is 18.0 Å². The molecule has 0 aliphatic heterocycles. The van der Waals surface area contributed by atoms with Gasteiger partial charge in [-0.3, -0.25) is 4.79 Å². The Kier molecular flexibility index (Phi) is 3.78. The molecule has 0 atom stereocenters. The monoisotopic (exact) mass is 301 g/mol. The first kappa shape index (κ1) is 14.8.